The van der Waals surface area contributed by atoms with Crippen LogP contribution in [0, 0.1) is 0 Å². The third kappa shape index (κ3) is 4.56. The molecule has 6 nitrogen and oxygen atoms in total. The zero-order valence-corrected chi connectivity index (χ0v) is 18.5. The predicted molar refractivity (Wildman–Crippen MR) is 123 cm³/mol. The van der Waals surface area contributed by atoms with E-state index >= 15 is 0 Å². The minimum absolute atomic E-state index is 0.211. The monoisotopic (exact) mass is 433 g/mol. The molecule has 0 atom stereocenters. The Hall–Kier alpha value is -3.32. The second-order valence-electron chi connectivity index (χ2n) is 7.17. The van der Waals surface area contributed by atoms with Crippen molar-refractivity contribution in [1.29, 1.82) is 0 Å². The maximum atomic E-state index is 12.2. The largest absolute Gasteiger partial charge is 0.495 e. The number of ketones is 1. The van der Waals surface area contributed by atoms with Crippen LogP contribution in [0.1, 0.15) is 24.8 Å². The number of pyridine rings is 2. The highest BCUT2D eigenvalue weighted by Gasteiger charge is 2.16. The summed E-state index contributed by atoms with van der Waals surface area (Å²) in [4.78, 5) is 25.6. The molecule has 3 aromatic heterocycles. The fraction of sp³-hybridized carbons (Fsp3) is 0.250. The number of methoxy groups -OCH3 is 2. The van der Waals surface area contributed by atoms with Gasteiger partial charge in [0.25, 0.3) is 0 Å². The first kappa shape index (κ1) is 20.9. The van der Waals surface area contributed by atoms with Gasteiger partial charge < -0.3 is 9.47 Å². The summed E-state index contributed by atoms with van der Waals surface area (Å²) in [6, 6.07) is 8.04. The lowest BCUT2D eigenvalue weighted by atomic mass is 10.00. The van der Waals surface area contributed by atoms with Crippen molar-refractivity contribution >= 4 is 27.3 Å². The zero-order chi connectivity index (χ0) is 21.8. The van der Waals surface area contributed by atoms with Gasteiger partial charge in [-0.25, -0.2) is 4.98 Å². The highest BCUT2D eigenvalue weighted by atomic mass is 32.1. The van der Waals surface area contributed by atoms with Crippen LogP contribution >= 0.6 is 11.3 Å². The van der Waals surface area contributed by atoms with Crippen LogP contribution in [0.2, 0.25) is 0 Å². The third-order valence-electron chi connectivity index (χ3n) is 4.95. The molecule has 0 aliphatic carbocycles. The van der Waals surface area contributed by atoms with Crippen LogP contribution < -0.4 is 9.47 Å². The quantitative estimate of drug-likeness (QED) is 0.373. The summed E-state index contributed by atoms with van der Waals surface area (Å²) in [5.41, 5.74) is 4.66. The maximum absolute atomic E-state index is 12.2. The van der Waals surface area contributed by atoms with Crippen LogP contribution in [0.15, 0.2) is 49.1 Å². The van der Waals surface area contributed by atoms with E-state index in [0.717, 1.165) is 43.9 Å². The number of fused-ring (bicyclic) bond motifs is 1. The fourth-order valence-corrected chi connectivity index (χ4v) is 4.55. The van der Waals surface area contributed by atoms with Gasteiger partial charge in [-0.2, -0.15) is 0 Å². The first-order valence-electron chi connectivity index (χ1n) is 10.0. The van der Waals surface area contributed by atoms with Crippen molar-refractivity contribution in [2.24, 2.45) is 0 Å². The van der Waals surface area contributed by atoms with Crippen LogP contribution in [0.4, 0.5) is 0 Å². The van der Waals surface area contributed by atoms with Gasteiger partial charge in [-0.3, -0.25) is 14.8 Å². The Kier molecular flexibility index (Phi) is 6.23. The predicted octanol–water partition coefficient (Wildman–Crippen LogP) is 5.35. The van der Waals surface area contributed by atoms with E-state index in [1.165, 1.54) is 0 Å². The molecule has 0 spiro atoms. The molecule has 0 fully saturated rings. The molecular formula is C24H23N3O3S. The molecule has 0 aliphatic heterocycles. The Labute approximate surface area is 184 Å². The second-order valence-corrected chi connectivity index (χ2v) is 8.26. The molecule has 0 saturated heterocycles. The number of ether oxygens (including phenoxy) is 2. The fourth-order valence-electron chi connectivity index (χ4n) is 3.44. The first-order valence-corrected chi connectivity index (χ1v) is 10.9. The number of Topliss-reactive ketones (excluding diaryl/α,β-unsaturated/α-hetero) is 1. The van der Waals surface area contributed by atoms with Crippen LogP contribution in [0.5, 0.6) is 11.5 Å². The van der Waals surface area contributed by atoms with Crippen molar-refractivity contribution in [2.75, 3.05) is 14.2 Å². The maximum Gasteiger partial charge on any atom is 0.139 e. The Morgan fingerprint density at radius 2 is 1.58 bits per heavy atom. The molecule has 0 amide bonds. The summed E-state index contributed by atoms with van der Waals surface area (Å²) in [6.45, 7) is 2.01. The molecular weight excluding hydrogens is 410 g/mol. The molecule has 3 heterocycles. The minimum Gasteiger partial charge on any atom is -0.495 e. The Morgan fingerprint density at radius 1 is 0.903 bits per heavy atom. The molecule has 0 saturated carbocycles. The van der Waals surface area contributed by atoms with E-state index in [1.54, 1.807) is 44.1 Å². The summed E-state index contributed by atoms with van der Waals surface area (Å²) in [6.07, 6.45) is 8.74. The number of nitrogens with zero attached hydrogens (tertiary/aromatic N) is 3. The van der Waals surface area contributed by atoms with Crippen molar-refractivity contribution < 1.29 is 14.3 Å². The molecule has 31 heavy (non-hydrogen) atoms. The van der Waals surface area contributed by atoms with E-state index in [4.69, 9.17) is 14.5 Å². The van der Waals surface area contributed by atoms with Gasteiger partial charge in [0, 0.05) is 35.5 Å². The number of hydrogen-bond acceptors (Lipinski definition) is 7. The van der Waals surface area contributed by atoms with Crippen LogP contribution in [-0.2, 0) is 11.2 Å². The van der Waals surface area contributed by atoms with E-state index in [1.807, 2.05) is 31.3 Å². The average Bonchev–Trinajstić information content (AvgIpc) is 3.20. The van der Waals surface area contributed by atoms with Crippen molar-refractivity contribution in [1.82, 2.24) is 15.0 Å². The Balaban J connectivity index is 1.88. The lowest BCUT2D eigenvalue weighted by Crippen LogP contribution is -2.00. The number of benzene rings is 1. The van der Waals surface area contributed by atoms with Gasteiger partial charge in [-0.05, 0) is 36.2 Å². The molecule has 7 heteroatoms. The van der Waals surface area contributed by atoms with Crippen LogP contribution in [0.3, 0.4) is 0 Å². The molecule has 0 unspecified atom stereocenters. The van der Waals surface area contributed by atoms with Crippen molar-refractivity contribution in [3.8, 4) is 33.8 Å². The number of thiazole rings is 1. The average molecular weight is 434 g/mol. The molecule has 0 bridgehead atoms. The van der Waals surface area contributed by atoms with Gasteiger partial charge in [0.1, 0.15) is 22.3 Å². The number of carbonyl (C=O) groups is 1. The SMILES string of the molecule is CCCC(=O)Cc1nc2cc(-c3cncc(OC)c3)cc(-c3cncc(OC)c3)c2s1. The van der Waals surface area contributed by atoms with Crippen LogP contribution in [0.25, 0.3) is 32.5 Å². The summed E-state index contributed by atoms with van der Waals surface area (Å²) in [7, 11) is 3.25. The smallest absolute Gasteiger partial charge is 0.139 e. The highest BCUT2D eigenvalue weighted by molar-refractivity contribution is 7.19. The van der Waals surface area contributed by atoms with Gasteiger partial charge in [-0.1, -0.05) is 6.92 Å². The molecule has 1 aromatic carbocycles. The summed E-state index contributed by atoms with van der Waals surface area (Å²) in [5.74, 6) is 1.58. The van der Waals surface area contributed by atoms with Gasteiger partial charge in [-0.15, -0.1) is 11.3 Å². The highest BCUT2D eigenvalue weighted by Crippen LogP contribution is 2.38. The van der Waals surface area contributed by atoms with Crippen molar-refractivity contribution in [2.45, 2.75) is 26.2 Å². The topological polar surface area (TPSA) is 74.2 Å². The number of rotatable bonds is 8. The van der Waals surface area contributed by atoms with Crippen LogP contribution in [-0.4, -0.2) is 35.0 Å². The van der Waals surface area contributed by atoms with Crippen molar-refractivity contribution in [3.63, 3.8) is 0 Å². The lowest BCUT2D eigenvalue weighted by molar-refractivity contribution is -0.118. The Morgan fingerprint density at radius 3 is 2.26 bits per heavy atom. The minimum atomic E-state index is 0.211. The number of carbonyl (C=O) groups excluding carboxylic acids is 1. The third-order valence-corrected chi connectivity index (χ3v) is 6.06. The summed E-state index contributed by atoms with van der Waals surface area (Å²) < 4.78 is 11.7. The first-order chi connectivity index (χ1) is 15.1. The normalized spacial score (nSPS) is 10.9. The summed E-state index contributed by atoms with van der Waals surface area (Å²) in [5, 5.41) is 0.825. The van der Waals surface area contributed by atoms with E-state index < -0.39 is 0 Å². The second kappa shape index (κ2) is 9.22. The molecule has 0 aliphatic rings. The van der Waals surface area contributed by atoms with Crippen molar-refractivity contribution in [3.05, 3.63) is 54.1 Å². The van der Waals surface area contributed by atoms with Gasteiger partial charge >= 0.3 is 0 Å². The Bertz CT molecular complexity index is 1240. The van der Waals surface area contributed by atoms with Gasteiger partial charge in [0.05, 0.1) is 43.3 Å². The zero-order valence-electron chi connectivity index (χ0n) is 17.7. The van der Waals surface area contributed by atoms with Gasteiger partial charge in [0.15, 0.2) is 0 Å². The van der Waals surface area contributed by atoms with E-state index in [2.05, 4.69) is 16.0 Å². The molecule has 158 valence electrons. The van der Waals surface area contributed by atoms with E-state index in [9.17, 15) is 4.79 Å². The molecule has 4 aromatic rings. The lowest BCUT2D eigenvalue weighted by Gasteiger charge is -2.09. The number of aromatic nitrogens is 3. The molecule has 4 rings (SSSR count). The summed E-state index contributed by atoms with van der Waals surface area (Å²) >= 11 is 1.56. The van der Waals surface area contributed by atoms with E-state index in [-0.39, 0.29) is 5.78 Å². The van der Waals surface area contributed by atoms with E-state index in [0.29, 0.717) is 24.3 Å². The standard InChI is InChI=1S/C24H23N3O3S/c1-4-5-18(28)10-23-27-22-9-15(16-6-19(29-2)13-25-11-16)8-21(24(22)31-23)17-7-20(30-3)14-26-12-17/h6-9,11-14H,4-5,10H2,1-3H3. The number of hydrogen-bond donors (Lipinski definition) is 0. The molecule has 0 N–H and O–H groups in total. The van der Waals surface area contributed by atoms with Gasteiger partial charge in [0.2, 0.25) is 0 Å². The molecule has 0 radical (unpaired) electrons.